The first-order chi connectivity index (χ1) is 9.16. The first-order valence-electron chi connectivity index (χ1n) is 6.36. The van der Waals surface area contributed by atoms with Gasteiger partial charge in [-0.15, -0.1) is 0 Å². The maximum atomic E-state index is 6.05. The predicted octanol–water partition coefficient (Wildman–Crippen LogP) is 2.69. The average Bonchev–Trinajstić information content (AvgIpc) is 2.37. The normalized spacial score (nSPS) is 11.0. The number of methoxy groups -OCH3 is 1. The molecule has 1 aromatic heterocycles. The molecule has 19 heavy (non-hydrogen) atoms. The third-order valence-corrected chi connectivity index (χ3v) is 2.78. The molecule has 0 saturated carbocycles. The molecule has 0 aromatic carbocycles. The van der Waals surface area contributed by atoms with Crippen LogP contribution in [0.15, 0.2) is 6.33 Å². The summed E-state index contributed by atoms with van der Waals surface area (Å²) in [4.78, 5) is 8.10. The van der Waals surface area contributed by atoms with Crippen molar-refractivity contribution < 1.29 is 14.2 Å². The van der Waals surface area contributed by atoms with E-state index in [1.807, 2.05) is 13.8 Å². The molecule has 5 nitrogen and oxygen atoms in total. The molecule has 1 aromatic rings. The summed E-state index contributed by atoms with van der Waals surface area (Å²) in [5, 5.41) is 0.455. The van der Waals surface area contributed by atoms with Crippen molar-refractivity contribution >= 4 is 11.6 Å². The van der Waals surface area contributed by atoms with Gasteiger partial charge in [0, 0.05) is 20.1 Å². The van der Waals surface area contributed by atoms with Crippen molar-refractivity contribution in [1.82, 2.24) is 9.97 Å². The molecule has 0 spiro atoms. The highest BCUT2D eigenvalue weighted by Crippen LogP contribution is 2.29. The highest BCUT2D eigenvalue weighted by Gasteiger charge is 2.14. The van der Waals surface area contributed by atoms with Crippen LogP contribution in [0.4, 0.5) is 0 Å². The lowest BCUT2D eigenvalue weighted by molar-refractivity contribution is 0.0641. The number of hydrogen-bond acceptors (Lipinski definition) is 5. The van der Waals surface area contributed by atoms with Crippen molar-refractivity contribution in [1.29, 1.82) is 0 Å². The van der Waals surface area contributed by atoms with Crippen LogP contribution < -0.4 is 4.74 Å². The number of nitrogens with zero attached hydrogens (tertiary/aromatic N) is 2. The zero-order valence-corrected chi connectivity index (χ0v) is 12.4. The minimum absolute atomic E-state index is 0.224. The van der Waals surface area contributed by atoms with E-state index in [-0.39, 0.29) is 5.92 Å². The van der Waals surface area contributed by atoms with Gasteiger partial charge >= 0.3 is 0 Å². The molecule has 0 fully saturated rings. The highest BCUT2D eigenvalue weighted by atomic mass is 35.5. The Morgan fingerprint density at radius 1 is 1.16 bits per heavy atom. The van der Waals surface area contributed by atoms with E-state index in [4.69, 9.17) is 25.8 Å². The van der Waals surface area contributed by atoms with Gasteiger partial charge in [0.25, 0.3) is 0 Å². The Balaban J connectivity index is 2.35. The van der Waals surface area contributed by atoms with Crippen molar-refractivity contribution in [3.63, 3.8) is 0 Å². The molecule has 0 aliphatic heterocycles. The van der Waals surface area contributed by atoms with Crippen LogP contribution in [-0.4, -0.2) is 43.5 Å². The van der Waals surface area contributed by atoms with Crippen LogP contribution in [0, 0.1) is 0 Å². The average molecular weight is 289 g/mol. The largest absolute Gasteiger partial charge is 0.477 e. The summed E-state index contributed by atoms with van der Waals surface area (Å²) in [6, 6.07) is 0. The van der Waals surface area contributed by atoms with Crippen molar-refractivity contribution in [2.24, 2.45) is 0 Å². The van der Waals surface area contributed by atoms with Gasteiger partial charge in [-0.25, -0.2) is 9.97 Å². The molecule has 0 N–H and O–H groups in total. The van der Waals surface area contributed by atoms with Gasteiger partial charge in [0.1, 0.15) is 11.5 Å². The minimum atomic E-state index is 0.224. The third kappa shape index (κ3) is 5.72. The predicted molar refractivity (Wildman–Crippen MR) is 73.9 cm³/mol. The SMILES string of the molecule is COCCOCCCOc1ncnc(Cl)c1C(C)C. The Morgan fingerprint density at radius 2 is 1.95 bits per heavy atom. The maximum Gasteiger partial charge on any atom is 0.221 e. The van der Waals surface area contributed by atoms with Gasteiger partial charge in [-0.05, 0) is 5.92 Å². The highest BCUT2D eigenvalue weighted by molar-refractivity contribution is 6.30. The summed E-state index contributed by atoms with van der Waals surface area (Å²) >= 11 is 6.05. The number of ether oxygens (including phenoxy) is 3. The first-order valence-corrected chi connectivity index (χ1v) is 6.74. The molecule has 0 saturated heterocycles. The van der Waals surface area contributed by atoms with Gasteiger partial charge in [-0.1, -0.05) is 25.4 Å². The van der Waals surface area contributed by atoms with E-state index in [1.54, 1.807) is 7.11 Å². The molecule has 0 aliphatic rings. The number of halogens is 1. The summed E-state index contributed by atoms with van der Waals surface area (Å²) in [6.07, 6.45) is 2.21. The van der Waals surface area contributed by atoms with Gasteiger partial charge < -0.3 is 14.2 Å². The molecule has 0 unspecified atom stereocenters. The van der Waals surface area contributed by atoms with E-state index in [2.05, 4.69) is 9.97 Å². The van der Waals surface area contributed by atoms with Crippen molar-refractivity contribution in [2.75, 3.05) is 33.5 Å². The molecule has 0 radical (unpaired) electrons. The zero-order valence-electron chi connectivity index (χ0n) is 11.7. The Kier molecular flexibility index (Phi) is 7.70. The number of rotatable bonds is 9. The van der Waals surface area contributed by atoms with Gasteiger partial charge in [-0.3, -0.25) is 0 Å². The molecule has 0 atom stereocenters. The van der Waals surface area contributed by atoms with Gasteiger partial charge in [0.2, 0.25) is 5.88 Å². The zero-order chi connectivity index (χ0) is 14.1. The van der Waals surface area contributed by atoms with Crippen LogP contribution in [0.2, 0.25) is 5.15 Å². The number of aromatic nitrogens is 2. The van der Waals surface area contributed by atoms with E-state index in [1.165, 1.54) is 6.33 Å². The summed E-state index contributed by atoms with van der Waals surface area (Å²) < 4.78 is 15.9. The molecular formula is C13H21ClN2O3. The van der Waals surface area contributed by atoms with E-state index < -0.39 is 0 Å². The third-order valence-electron chi connectivity index (χ3n) is 2.48. The molecule has 0 amide bonds. The molecule has 0 aliphatic carbocycles. The van der Waals surface area contributed by atoms with E-state index in [0.29, 0.717) is 37.5 Å². The summed E-state index contributed by atoms with van der Waals surface area (Å²) in [5.41, 5.74) is 0.851. The van der Waals surface area contributed by atoms with Gasteiger partial charge in [-0.2, -0.15) is 0 Å². The smallest absolute Gasteiger partial charge is 0.221 e. The second kappa shape index (κ2) is 9.07. The second-order valence-electron chi connectivity index (χ2n) is 4.35. The van der Waals surface area contributed by atoms with Gasteiger partial charge in [0.05, 0.1) is 25.4 Å². The lowest BCUT2D eigenvalue weighted by Crippen LogP contribution is -2.09. The Labute approximate surface area is 119 Å². The van der Waals surface area contributed by atoms with Crippen molar-refractivity contribution in [3.8, 4) is 5.88 Å². The topological polar surface area (TPSA) is 53.5 Å². The fourth-order valence-electron chi connectivity index (χ4n) is 1.53. The van der Waals surface area contributed by atoms with E-state index in [9.17, 15) is 0 Å². The first kappa shape index (κ1) is 16.1. The van der Waals surface area contributed by atoms with Crippen LogP contribution in [0.5, 0.6) is 5.88 Å². The van der Waals surface area contributed by atoms with Crippen LogP contribution in [-0.2, 0) is 9.47 Å². The lowest BCUT2D eigenvalue weighted by atomic mass is 10.1. The molecule has 1 heterocycles. The lowest BCUT2D eigenvalue weighted by Gasteiger charge is -2.13. The monoisotopic (exact) mass is 288 g/mol. The van der Waals surface area contributed by atoms with Crippen LogP contribution in [0.3, 0.4) is 0 Å². The Morgan fingerprint density at radius 3 is 2.63 bits per heavy atom. The quantitative estimate of drug-likeness (QED) is 0.516. The number of hydrogen-bond donors (Lipinski definition) is 0. The van der Waals surface area contributed by atoms with Crippen molar-refractivity contribution in [3.05, 3.63) is 17.0 Å². The Bertz CT molecular complexity index is 375. The van der Waals surface area contributed by atoms with Crippen molar-refractivity contribution in [2.45, 2.75) is 26.2 Å². The summed E-state index contributed by atoms with van der Waals surface area (Å²) in [7, 11) is 1.65. The fourth-order valence-corrected chi connectivity index (χ4v) is 1.88. The molecule has 6 heteroatoms. The summed E-state index contributed by atoms with van der Waals surface area (Å²) in [6.45, 7) is 6.46. The van der Waals surface area contributed by atoms with Crippen LogP contribution in [0.1, 0.15) is 31.7 Å². The van der Waals surface area contributed by atoms with E-state index in [0.717, 1.165) is 12.0 Å². The second-order valence-corrected chi connectivity index (χ2v) is 4.70. The van der Waals surface area contributed by atoms with Crippen LogP contribution >= 0.6 is 11.6 Å². The Hall–Kier alpha value is -0.910. The molecule has 1 rings (SSSR count). The van der Waals surface area contributed by atoms with Gasteiger partial charge in [0.15, 0.2) is 0 Å². The standard InChI is InChI=1S/C13H21ClN2O3/c1-10(2)11-12(14)15-9-16-13(11)19-6-4-5-18-8-7-17-3/h9-10H,4-8H2,1-3H3. The van der Waals surface area contributed by atoms with Crippen LogP contribution in [0.25, 0.3) is 0 Å². The fraction of sp³-hybridized carbons (Fsp3) is 0.692. The maximum absolute atomic E-state index is 6.05. The minimum Gasteiger partial charge on any atom is -0.477 e. The molecule has 108 valence electrons. The molecular weight excluding hydrogens is 268 g/mol. The summed E-state index contributed by atoms with van der Waals surface area (Å²) in [5.74, 6) is 0.786. The van der Waals surface area contributed by atoms with E-state index >= 15 is 0 Å². The molecule has 0 bridgehead atoms.